The third kappa shape index (κ3) is 5.12. The van der Waals surface area contributed by atoms with Gasteiger partial charge in [0.05, 0.1) is 18.9 Å². The van der Waals surface area contributed by atoms with E-state index in [0.29, 0.717) is 10.6 Å². The minimum absolute atomic E-state index is 0.0243. The summed E-state index contributed by atoms with van der Waals surface area (Å²) >= 11 is 6.12. The number of ether oxygens (including phenoxy) is 4. The molecule has 11 heteroatoms. The van der Waals surface area contributed by atoms with Crippen LogP contribution >= 0.6 is 11.6 Å². The lowest BCUT2D eigenvalue weighted by molar-refractivity contribution is -0.135. The first kappa shape index (κ1) is 23.8. The van der Waals surface area contributed by atoms with E-state index in [-0.39, 0.29) is 34.5 Å². The van der Waals surface area contributed by atoms with Gasteiger partial charge in [-0.3, -0.25) is 9.59 Å². The maximum atomic E-state index is 12.4. The Balaban J connectivity index is 1.64. The Kier molecular flexibility index (Phi) is 6.74. The topological polar surface area (TPSA) is 117 Å². The second kappa shape index (κ2) is 9.90. The van der Waals surface area contributed by atoms with Gasteiger partial charge in [-0.05, 0) is 48.5 Å². The fourth-order valence-corrected chi connectivity index (χ4v) is 3.44. The standard InChI is InChI=1S/C24H19ClN2O8/c1-13(28)27-23(35-22(26-27)17-12-16(25)7-9-18(17)33-14(2)29)15-6-8-19(21(11-15)31-3)34-24(30)20-5-4-10-32-20/h4-12,23H,1-3H3/t23-/m1/s1. The molecule has 180 valence electrons. The van der Waals surface area contributed by atoms with Gasteiger partial charge in [0.2, 0.25) is 23.8 Å². The van der Waals surface area contributed by atoms with Crippen LogP contribution in [0.3, 0.4) is 0 Å². The number of benzene rings is 2. The first-order chi connectivity index (χ1) is 16.8. The lowest BCUT2D eigenvalue weighted by Gasteiger charge is -2.20. The zero-order valence-corrected chi connectivity index (χ0v) is 19.6. The molecule has 1 aromatic heterocycles. The van der Waals surface area contributed by atoms with Crippen molar-refractivity contribution in [3.63, 3.8) is 0 Å². The van der Waals surface area contributed by atoms with E-state index < -0.39 is 24.1 Å². The molecule has 0 bridgehead atoms. The smallest absolute Gasteiger partial charge is 0.379 e. The summed E-state index contributed by atoms with van der Waals surface area (Å²) in [6, 6.07) is 12.2. The summed E-state index contributed by atoms with van der Waals surface area (Å²) in [5.41, 5.74) is 0.766. The Morgan fingerprint density at radius 3 is 2.43 bits per heavy atom. The molecule has 0 fully saturated rings. The number of carbonyl (C=O) groups is 3. The average molecular weight is 499 g/mol. The zero-order valence-electron chi connectivity index (χ0n) is 18.8. The van der Waals surface area contributed by atoms with E-state index in [9.17, 15) is 14.4 Å². The normalized spacial score (nSPS) is 14.7. The summed E-state index contributed by atoms with van der Waals surface area (Å²) in [5.74, 6) is -1.08. The van der Waals surface area contributed by atoms with E-state index in [1.54, 1.807) is 24.3 Å². The molecular formula is C24H19ClN2O8. The number of methoxy groups -OCH3 is 1. The highest BCUT2D eigenvalue weighted by molar-refractivity contribution is 6.31. The number of nitrogens with zero attached hydrogens (tertiary/aromatic N) is 2. The highest BCUT2D eigenvalue weighted by Gasteiger charge is 2.35. The van der Waals surface area contributed by atoms with Crippen LogP contribution in [-0.4, -0.2) is 35.9 Å². The van der Waals surface area contributed by atoms with E-state index in [1.807, 2.05) is 0 Å². The Labute approximate surface area is 204 Å². The maximum absolute atomic E-state index is 12.4. The highest BCUT2D eigenvalue weighted by Crippen LogP contribution is 2.37. The SMILES string of the molecule is COc1cc([C@H]2OC(c3cc(Cl)ccc3OC(C)=O)=NN2C(C)=O)ccc1OC(=O)c1ccco1. The number of halogens is 1. The molecule has 0 saturated carbocycles. The second-order valence-electron chi connectivity index (χ2n) is 7.25. The van der Waals surface area contributed by atoms with Crippen molar-refractivity contribution >= 4 is 35.3 Å². The first-order valence-corrected chi connectivity index (χ1v) is 10.6. The molecule has 1 aliphatic heterocycles. The molecule has 1 atom stereocenters. The minimum Gasteiger partial charge on any atom is -0.493 e. The van der Waals surface area contributed by atoms with Crippen molar-refractivity contribution in [2.24, 2.45) is 5.10 Å². The van der Waals surface area contributed by atoms with Crippen LogP contribution in [0.5, 0.6) is 17.2 Å². The predicted molar refractivity (Wildman–Crippen MR) is 122 cm³/mol. The van der Waals surface area contributed by atoms with E-state index >= 15 is 0 Å². The van der Waals surface area contributed by atoms with Gasteiger partial charge in [0.15, 0.2) is 11.5 Å². The van der Waals surface area contributed by atoms with Crippen LogP contribution in [0.25, 0.3) is 0 Å². The molecule has 0 unspecified atom stereocenters. The molecule has 4 rings (SSSR count). The molecule has 1 aliphatic rings. The van der Waals surface area contributed by atoms with Gasteiger partial charge in [-0.2, -0.15) is 5.01 Å². The molecule has 35 heavy (non-hydrogen) atoms. The zero-order chi connectivity index (χ0) is 25.1. The lowest BCUT2D eigenvalue weighted by Crippen LogP contribution is -2.25. The molecule has 1 amide bonds. The number of furan rings is 1. The molecule has 0 spiro atoms. The summed E-state index contributed by atoms with van der Waals surface area (Å²) in [4.78, 5) is 36.1. The Hall–Kier alpha value is -4.31. The fraction of sp³-hybridized carbons (Fsp3) is 0.167. The van der Waals surface area contributed by atoms with Crippen LogP contribution in [0.15, 0.2) is 64.3 Å². The van der Waals surface area contributed by atoms with Crippen LogP contribution in [0.4, 0.5) is 0 Å². The molecule has 2 heterocycles. The monoisotopic (exact) mass is 498 g/mol. The summed E-state index contributed by atoms with van der Waals surface area (Å²) in [5, 5.41) is 5.75. The highest BCUT2D eigenvalue weighted by atomic mass is 35.5. The van der Waals surface area contributed by atoms with Crippen LogP contribution in [0.2, 0.25) is 5.02 Å². The van der Waals surface area contributed by atoms with Gasteiger partial charge in [0.1, 0.15) is 5.75 Å². The Bertz CT molecular complexity index is 1320. The number of rotatable bonds is 6. The van der Waals surface area contributed by atoms with Crippen LogP contribution in [-0.2, 0) is 14.3 Å². The number of hydrogen-bond donors (Lipinski definition) is 0. The molecule has 0 aliphatic carbocycles. The third-order valence-corrected chi connectivity index (χ3v) is 5.03. The average Bonchev–Trinajstić information content (AvgIpc) is 3.51. The molecular weight excluding hydrogens is 480 g/mol. The van der Waals surface area contributed by atoms with Gasteiger partial charge in [-0.1, -0.05) is 11.6 Å². The van der Waals surface area contributed by atoms with Gasteiger partial charge < -0.3 is 23.4 Å². The van der Waals surface area contributed by atoms with E-state index in [1.165, 1.54) is 51.5 Å². The van der Waals surface area contributed by atoms with Gasteiger partial charge in [-0.25, -0.2) is 4.79 Å². The predicted octanol–water partition coefficient (Wildman–Crippen LogP) is 4.33. The van der Waals surface area contributed by atoms with Gasteiger partial charge in [-0.15, -0.1) is 5.10 Å². The summed E-state index contributed by atoms with van der Waals surface area (Å²) in [6.07, 6.45) is 0.380. The number of hydrazone groups is 1. The van der Waals surface area contributed by atoms with Crippen LogP contribution in [0.1, 0.15) is 41.8 Å². The quantitative estimate of drug-likeness (QED) is 0.364. The number of hydrogen-bond acceptors (Lipinski definition) is 9. The van der Waals surface area contributed by atoms with Gasteiger partial charge in [0, 0.05) is 24.4 Å². The Morgan fingerprint density at radius 1 is 1.00 bits per heavy atom. The third-order valence-electron chi connectivity index (χ3n) is 4.79. The van der Waals surface area contributed by atoms with E-state index in [2.05, 4.69) is 5.10 Å². The summed E-state index contributed by atoms with van der Waals surface area (Å²) in [6.45, 7) is 2.58. The maximum Gasteiger partial charge on any atom is 0.379 e. The van der Waals surface area contributed by atoms with Crippen LogP contribution < -0.4 is 14.2 Å². The molecule has 0 radical (unpaired) electrons. The lowest BCUT2D eigenvalue weighted by atomic mass is 10.1. The molecule has 10 nitrogen and oxygen atoms in total. The fourth-order valence-electron chi connectivity index (χ4n) is 3.27. The van der Waals surface area contributed by atoms with Crippen molar-refractivity contribution in [1.29, 1.82) is 0 Å². The van der Waals surface area contributed by atoms with Gasteiger partial charge >= 0.3 is 11.9 Å². The summed E-state index contributed by atoms with van der Waals surface area (Å²) in [7, 11) is 1.40. The van der Waals surface area contributed by atoms with E-state index in [4.69, 9.17) is 35.0 Å². The molecule has 3 aromatic rings. The molecule has 2 aromatic carbocycles. The first-order valence-electron chi connectivity index (χ1n) is 10.2. The van der Waals surface area contributed by atoms with Gasteiger partial charge in [0.25, 0.3) is 0 Å². The number of amides is 1. The number of carbonyl (C=O) groups excluding carboxylic acids is 3. The van der Waals surface area contributed by atoms with Crippen molar-refractivity contribution in [2.75, 3.05) is 7.11 Å². The molecule has 0 saturated heterocycles. The van der Waals surface area contributed by atoms with Crippen molar-refractivity contribution < 1.29 is 37.7 Å². The molecule has 0 N–H and O–H groups in total. The van der Waals surface area contributed by atoms with Crippen molar-refractivity contribution in [3.05, 3.63) is 76.7 Å². The van der Waals surface area contributed by atoms with Crippen molar-refractivity contribution in [3.8, 4) is 17.2 Å². The van der Waals surface area contributed by atoms with E-state index in [0.717, 1.165) is 5.01 Å². The minimum atomic E-state index is -0.976. The van der Waals surface area contributed by atoms with Crippen molar-refractivity contribution in [1.82, 2.24) is 5.01 Å². The van der Waals surface area contributed by atoms with Crippen molar-refractivity contribution in [2.45, 2.75) is 20.1 Å². The second-order valence-corrected chi connectivity index (χ2v) is 7.69. The Morgan fingerprint density at radius 2 is 1.77 bits per heavy atom. The number of esters is 2. The van der Waals surface area contributed by atoms with Crippen LogP contribution in [0, 0.1) is 0 Å². The largest absolute Gasteiger partial charge is 0.493 e. The summed E-state index contributed by atoms with van der Waals surface area (Å²) < 4.78 is 27.0.